The molecule has 12 heavy (non-hydrogen) atoms. The molecule has 0 spiro atoms. The smallest absolute Gasteiger partial charge is 0.0303 e. The Balaban J connectivity index is 3.04. The van der Waals surface area contributed by atoms with Gasteiger partial charge in [-0.1, -0.05) is 22.9 Å². The van der Waals surface area contributed by atoms with E-state index in [-0.39, 0.29) is 6.04 Å². The standard InChI is InChI=1S/C9H11BrIN/c1-2-9(12)7-5-6(11)3-4-8(7)10/h3-5,9H,2,12H2,1H3. The van der Waals surface area contributed by atoms with Gasteiger partial charge in [0.25, 0.3) is 0 Å². The highest BCUT2D eigenvalue weighted by molar-refractivity contribution is 14.1. The van der Waals surface area contributed by atoms with Gasteiger partial charge in [0, 0.05) is 14.1 Å². The van der Waals surface area contributed by atoms with Crippen molar-refractivity contribution in [3.63, 3.8) is 0 Å². The number of rotatable bonds is 2. The van der Waals surface area contributed by atoms with Crippen molar-refractivity contribution < 1.29 is 0 Å². The Kier molecular flexibility index (Phi) is 3.99. The molecule has 1 aromatic carbocycles. The molecular formula is C9H11BrIN. The maximum absolute atomic E-state index is 5.93. The van der Waals surface area contributed by atoms with Gasteiger partial charge in [-0.2, -0.15) is 0 Å². The van der Waals surface area contributed by atoms with Crippen LogP contribution in [0.5, 0.6) is 0 Å². The highest BCUT2D eigenvalue weighted by atomic mass is 127. The van der Waals surface area contributed by atoms with Crippen LogP contribution in [0.4, 0.5) is 0 Å². The molecule has 66 valence electrons. The second kappa shape index (κ2) is 4.58. The summed E-state index contributed by atoms with van der Waals surface area (Å²) in [7, 11) is 0. The lowest BCUT2D eigenvalue weighted by molar-refractivity contribution is 0.695. The van der Waals surface area contributed by atoms with Gasteiger partial charge in [0.05, 0.1) is 0 Å². The summed E-state index contributed by atoms with van der Waals surface area (Å²) in [6, 6.07) is 6.39. The number of benzene rings is 1. The Labute approximate surface area is 95.0 Å². The zero-order valence-corrected chi connectivity index (χ0v) is 10.6. The molecule has 0 aliphatic rings. The van der Waals surface area contributed by atoms with Crippen LogP contribution >= 0.6 is 38.5 Å². The van der Waals surface area contributed by atoms with Crippen LogP contribution in [0.2, 0.25) is 0 Å². The third-order valence-electron chi connectivity index (χ3n) is 1.80. The monoisotopic (exact) mass is 339 g/mol. The fourth-order valence-corrected chi connectivity index (χ4v) is 2.07. The largest absolute Gasteiger partial charge is 0.324 e. The molecule has 0 aliphatic heterocycles. The quantitative estimate of drug-likeness (QED) is 0.820. The fraction of sp³-hybridized carbons (Fsp3) is 0.333. The number of hydrogen-bond acceptors (Lipinski definition) is 1. The van der Waals surface area contributed by atoms with Gasteiger partial charge in [-0.3, -0.25) is 0 Å². The Hall–Kier alpha value is 0.390. The first kappa shape index (κ1) is 10.5. The summed E-state index contributed by atoms with van der Waals surface area (Å²) >= 11 is 5.78. The van der Waals surface area contributed by atoms with Crippen LogP contribution < -0.4 is 5.73 Å². The van der Waals surface area contributed by atoms with E-state index in [1.165, 1.54) is 9.13 Å². The van der Waals surface area contributed by atoms with Crippen molar-refractivity contribution in [2.24, 2.45) is 5.73 Å². The first-order valence-corrected chi connectivity index (χ1v) is 5.73. The maximum Gasteiger partial charge on any atom is 0.0303 e. The lowest BCUT2D eigenvalue weighted by Crippen LogP contribution is -2.09. The zero-order chi connectivity index (χ0) is 9.14. The van der Waals surface area contributed by atoms with Crippen LogP contribution in [-0.4, -0.2) is 0 Å². The molecule has 1 nitrogen and oxygen atoms in total. The molecule has 0 saturated heterocycles. The van der Waals surface area contributed by atoms with Gasteiger partial charge in [0.1, 0.15) is 0 Å². The second-order valence-corrected chi connectivity index (χ2v) is 4.78. The topological polar surface area (TPSA) is 26.0 Å². The normalized spacial score (nSPS) is 13.0. The molecule has 0 aliphatic carbocycles. The number of nitrogens with two attached hydrogens (primary N) is 1. The molecule has 3 heteroatoms. The summed E-state index contributed by atoms with van der Waals surface area (Å²) in [5.74, 6) is 0. The molecule has 1 aromatic rings. The van der Waals surface area contributed by atoms with Gasteiger partial charge in [-0.05, 0) is 52.8 Å². The maximum atomic E-state index is 5.93. The molecule has 1 rings (SSSR count). The van der Waals surface area contributed by atoms with Crippen molar-refractivity contribution in [2.45, 2.75) is 19.4 Å². The van der Waals surface area contributed by atoms with Crippen LogP contribution in [0.3, 0.4) is 0 Å². The molecule has 2 N–H and O–H groups in total. The molecule has 0 saturated carbocycles. The Morgan fingerprint density at radius 1 is 1.58 bits per heavy atom. The Bertz CT molecular complexity index is 275. The first-order valence-electron chi connectivity index (χ1n) is 3.85. The van der Waals surface area contributed by atoms with Crippen molar-refractivity contribution in [3.05, 3.63) is 31.8 Å². The van der Waals surface area contributed by atoms with Crippen LogP contribution in [0.15, 0.2) is 22.7 Å². The van der Waals surface area contributed by atoms with Gasteiger partial charge in [-0.25, -0.2) is 0 Å². The van der Waals surface area contributed by atoms with Crippen LogP contribution in [0, 0.1) is 3.57 Å². The molecule has 0 heterocycles. The molecule has 1 unspecified atom stereocenters. The Morgan fingerprint density at radius 3 is 2.83 bits per heavy atom. The van der Waals surface area contributed by atoms with E-state index < -0.39 is 0 Å². The van der Waals surface area contributed by atoms with E-state index in [0.29, 0.717) is 0 Å². The minimum atomic E-state index is 0.147. The first-order chi connectivity index (χ1) is 5.65. The minimum absolute atomic E-state index is 0.147. The highest BCUT2D eigenvalue weighted by Crippen LogP contribution is 2.25. The summed E-state index contributed by atoms with van der Waals surface area (Å²) in [6.45, 7) is 2.09. The van der Waals surface area contributed by atoms with Crippen molar-refractivity contribution in [3.8, 4) is 0 Å². The predicted octanol–water partition coefficient (Wildman–Crippen LogP) is 3.46. The van der Waals surface area contributed by atoms with Crippen molar-refractivity contribution in [2.75, 3.05) is 0 Å². The lowest BCUT2D eigenvalue weighted by atomic mass is 10.1. The van der Waals surface area contributed by atoms with Gasteiger partial charge in [-0.15, -0.1) is 0 Å². The Morgan fingerprint density at radius 2 is 2.25 bits per heavy atom. The van der Waals surface area contributed by atoms with Crippen LogP contribution in [0.25, 0.3) is 0 Å². The summed E-state index contributed by atoms with van der Waals surface area (Å²) in [4.78, 5) is 0. The van der Waals surface area contributed by atoms with Crippen LogP contribution in [-0.2, 0) is 0 Å². The van der Waals surface area contributed by atoms with Gasteiger partial charge >= 0.3 is 0 Å². The van der Waals surface area contributed by atoms with Crippen molar-refractivity contribution in [1.82, 2.24) is 0 Å². The molecule has 0 aromatic heterocycles. The van der Waals surface area contributed by atoms with Gasteiger partial charge in [0.15, 0.2) is 0 Å². The van der Waals surface area contributed by atoms with E-state index in [0.717, 1.165) is 10.9 Å². The summed E-state index contributed by atoms with van der Waals surface area (Å²) < 4.78 is 2.34. The number of hydrogen-bond donors (Lipinski definition) is 1. The minimum Gasteiger partial charge on any atom is -0.324 e. The van der Waals surface area contributed by atoms with Gasteiger partial charge in [0.2, 0.25) is 0 Å². The summed E-state index contributed by atoms with van der Waals surface area (Å²) in [5.41, 5.74) is 7.13. The predicted molar refractivity (Wildman–Crippen MR) is 64.1 cm³/mol. The van der Waals surface area contributed by atoms with Gasteiger partial charge < -0.3 is 5.73 Å². The average molecular weight is 340 g/mol. The lowest BCUT2D eigenvalue weighted by Gasteiger charge is -2.11. The van der Waals surface area contributed by atoms with E-state index in [2.05, 4.69) is 57.6 Å². The third kappa shape index (κ3) is 2.44. The third-order valence-corrected chi connectivity index (χ3v) is 3.19. The molecule has 0 fully saturated rings. The van der Waals surface area contributed by atoms with Crippen molar-refractivity contribution >= 4 is 38.5 Å². The van der Waals surface area contributed by atoms with Crippen LogP contribution in [0.1, 0.15) is 24.9 Å². The van der Waals surface area contributed by atoms with Crippen molar-refractivity contribution in [1.29, 1.82) is 0 Å². The SMILES string of the molecule is CCC(N)c1cc(I)ccc1Br. The van der Waals surface area contributed by atoms with E-state index in [9.17, 15) is 0 Å². The molecule has 1 atom stereocenters. The average Bonchev–Trinajstić information content (AvgIpc) is 2.08. The number of halogens is 2. The summed E-state index contributed by atoms with van der Waals surface area (Å²) in [6.07, 6.45) is 0.971. The molecular weight excluding hydrogens is 329 g/mol. The summed E-state index contributed by atoms with van der Waals surface area (Å²) in [5, 5.41) is 0. The fourth-order valence-electron chi connectivity index (χ4n) is 1.02. The second-order valence-electron chi connectivity index (χ2n) is 2.68. The molecule has 0 radical (unpaired) electrons. The van der Waals surface area contributed by atoms with E-state index in [4.69, 9.17) is 5.73 Å². The highest BCUT2D eigenvalue weighted by Gasteiger charge is 2.07. The molecule has 0 bridgehead atoms. The van der Waals surface area contributed by atoms with E-state index in [1.54, 1.807) is 0 Å². The van der Waals surface area contributed by atoms with E-state index in [1.807, 2.05) is 6.07 Å². The zero-order valence-electron chi connectivity index (χ0n) is 6.85. The molecule has 0 amide bonds. The van der Waals surface area contributed by atoms with E-state index >= 15 is 0 Å².